The van der Waals surface area contributed by atoms with E-state index in [2.05, 4.69) is 19.2 Å². The molecule has 0 aliphatic rings. The second kappa shape index (κ2) is 9.96. The second-order valence-corrected chi connectivity index (χ2v) is 5.23. The van der Waals surface area contributed by atoms with Gasteiger partial charge < -0.3 is 5.32 Å². The number of hydrogen-bond donors (Lipinski definition) is 1. The summed E-state index contributed by atoms with van der Waals surface area (Å²) in [7, 11) is 0. The summed E-state index contributed by atoms with van der Waals surface area (Å²) in [6.45, 7) is 6.15. The van der Waals surface area contributed by atoms with E-state index in [0.717, 1.165) is 25.1 Å². The Labute approximate surface area is 117 Å². The van der Waals surface area contributed by atoms with E-state index in [1.807, 2.05) is 12.1 Å². The van der Waals surface area contributed by atoms with E-state index in [4.69, 9.17) is 0 Å². The Bertz CT molecular complexity index is 338. The molecular weight excluding hydrogens is 237 g/mol. The first kappa shape index (κ1) is 16.2. The third-order valence-electron chi connectivity index (χ3n) is 3.64. The van der Waals surface area contributed by atoms with E-state index in [9.17, 15) is 4.39 Å². The molecule has 1 aromatic carbocycles. The number of halogens is 1. The number of nitrogens with one attached hydrogen (secondary N) is 1. The summed E-state index contributed by atoms with van der Waals surface area (Å²) in [6, 6.07) is 7.22. The molecule has 2 heteroatoms. The Morgan fingerprint density at radius 2 is 1.79 bits per heavy atom. The van der Waals surface area contributed by atoms with Crippen LogP contribution in [0.5, 0.6) is 0 Å². The van der Waals surface area contributed by atoms with Gasteiger partial charge >= 0.3 is 0 Å². The van der Waals surface area contributed by atoms with Gasteiger partial charge in [0.25, 0.3) is 0 Å². The van der Waals surface area contributed by atoms with Crippen LogP contribution in [0.4, 0.5) is 4.39 Å². The van der Waals surface area contributed by atoms with Gasteiger partial charge in [-0.25, -0.2) is 4.39 Å². The van der Waals surface area contributed by atoms with Crippen molar-refractivity contribution < 1.29 is 4.39 Å². The number of unbranched alkanes of at least 4 members (excludes halogenated alkanes) is 4. The first-order valence-electron chi connectivity index (χ1n) is 7.74. The molecule has 0 saturated heterocycles. The minimum atomic E-state index is -0.0565. The van der Waals surface area contributed by atoms with E-state index in [1.165, 1.54) is 32.1 Å². The maximum absolute atomic E-state index is 13.9. The van der Waals surface area contributed by atoms with Gasteiger partial charge in [-0.15, -0.1) is 0 Å². The van der Waals surface area contributed by atoms with Crippen LogP contribution in [0.15, 0.2) is 24.3 Å². The van der Waals surface area contributed by atoms with Gasteiger partial charge in [0.1, 0.15) is 5.82 Å². The predicted molar refractivity (Wildman–Crippen MR) is 81.1 cm³/mol. The maximum atomic E-state index is 13.9. The third kappa shape index (κ3) is 6.20. The fourth-order valence-electron chi connectivity index (χ4n) is 2.49. The molecule has 0 saturated carbocycles. The van der Waals surface area contributed by atoms with Gasteiger partial charge in [-0.3, -0.25) is 0 Å². The van der Waals surface area contributed by atoms with Crippen molar-refractivity contribution in [2.24, 2.45) is 0 Å². The minimum absolute atomic E-state index is 0.0565. The van der Waals surface area contributed by atoms with Crippen LogP contribution in [0, 0.1) is 5.82 Å². The Hall–Kier alpha value is -0.890. The molecule has 1 unspecified atom stereocenters. The van der Waals surface area contributed by atoms with E-state index < -0.39 is 0 Å². The Morgan fingerprint density at radius 1 is 1.05 bits per heavy atom. The monoisotopic (exact) mass is 265 g/mol. The summed E-state index contributed by atoms with van der Waals surface area (Å²) in [5.74, 6) is 0.252. The van der Waals surface area contributed by atoms with Gasteiger partial charge in [0, 0.05) is 6.54 Å². The smallest absolute Gasteiger partial charge is 0.126 e. The Balaban J connectivity index is 2.49. The van der Waals surface area contributed by atoms with E-state index in [-0.39, 0.29) is 5.82 Å². The standard InChI is InChI=1S/C17H28FN/c1-3-5-6-7-8-11-15(14-19-4-2)16-12-9-10-13-17(16)18/h9-10,12-13,15,19H,3-8,11,14H2,1-2H3. The minimum Gasteiger partial charge on any atom is -0.316 e. The number of rotatable bonds is 10. The summed E-state index contributed by atoms with van der Waals surface area (Å²) >= 11 is 0. The van der Waals surface area contributed by atoms with Gasteiger partial charge in [-0.05, 0) is 30.5 Å². The summed E-state index contributed by atoms with van der Waals surface area (Å²) in [5.41, 5.74) is 0.874. The van der Waals surface area contributed by atoms with E-state index >= 15 is 0 Å². The lowest BCUT2D eigenvalue weighted by Crippen LogP contribution is -2.22. The molecule has 1 aromatic rings. The molecule has 0 fully saturated rings. The van der Waals surface area contributed by atoms with Crippen molar-refractivity contribution in [1.82, 2.24) is 5.32 Å². The Morgan fingerprint density at radius 3 is 2.47 bits per heavy atom. The molecule has 19 heavy (non-hydrogen) atoms. The molecule has 0 radical (unpaired) electrons. The zero-order chi connectivity index (χ0) is 13.9. The van der Waals surface area contributed by atoms with Crippen molar-refractivity contribution in [1.29, 1.82) is 0 Å². The van der Waals surface area contributed by atoms with Crippen LogP contribution < -0.4 is 5.32 Å². The average molecular weight is 265 g/mol. The van der Waals surface area contributed by atoms with Crippen LogP contribution >= 0.6 is 0 Å². The van der Waals surface area contributed by atoms with E-state index in [0.29, 0.717) is 5.92 Å². The molecule has 0 spiro atoms. The van der Waals surface area contributed by atoms with Crippen LogP contribution in [0.3, 0.4) is 0 Å². The molecule has 0 heterocycles. The Kier molecular flexibility index (Phi) is 8.48. The fraction of sp³-hybridized carbons (Fsp3) is 0.647. The molecule has 1 rings (SSSR count). The molecule has 1 atom stereocenters. The van der Waals surface area contributed by atoms with Crippen molar-refractivity contribution in [3.05, 3.63) is 35.6 Å². The van der Waals surface area contributed by atoms with Crippen LogP contribution in [0.2, 0.25) is 0 Å². The summed E-state index contributed by atoms with van der Waals surface area (Å²) in [5, 5.41) is 3.36. The van der Waals surface area contributed by atoms with Gasteiger partial charge in [0.15, 0.2) is 0 Å². The molecule has 108 valence electrons. The first-order valence-corrected chi connectivity index (χ1v) is 7.74. The molecule has 0 aliphatic carbocycles. The van der Waals surface area contributed by atoms with Crippen molar-refractivity contribution in [3.63, 3.8) is 0 Å². The van der Waals surface area contributed by atoms with Gasteiger partial charge in [-0.2, -0.15) is 0 Å². The van der Waals surface area contributed by atoms with Gasteiger partial charge in [-0.1, -0.05) is 64.2 Å². The molecule has 0 aromatic heterocycles. The SMILES string of the molecule is CCCCCCCC(CNCC)c1ccccc1F. The van der Waals surface area contributed by atoms with Crippen molar-refractivity contribution in [3.8, 4) is 0 Å². The quantitative estimate of drug-likeness (QED) is 0.595. The molecular formula is C17H28FN. The lowest BCUT2D eigenvalue weighted by molar-refractivity contribution is 0.494. The van der Waals surface area contributed by atoms with Crippen LogP contribution in [-0.2, 0) is 0 Å². The normalized spacial score (nSPS) is 12.6. The van der Waals surface area contributed by atoms with Crippen LogP contribution in [0.25, 0.3) is 0 Å². The molecule has 1 N–H and O–H groups in total. The summed E-state index contributed by atoms with van der Waals surface area (Å²) in [4.78, 5) is 0. The highest BCUT2D eigenvalue weighted by Crippen LogP contribution is 2.24. The van der Waals surface area contributed by atoms with Crippen molar-refractivity contribution in [2.45, 2.75) is 58.3 Å². The average Bonchev–Trinajstić information content (AvgIpc) is 2.43. The highest BCUT2D eigenvalue weighted by molar-refractivity contribution is 5.22. The van der Waals surface area contributed by atoms with Crippen LogP contribution in [-0.4, -0.2) is 13.1 Å². The fourth-order valence-corrected chi connectivity index (χ4v) is 2.49. The third-order valence-corrected chi connectivity index (χ3v) is 3.64. The maximum Gasteiger partial charge on any atom is 0.126 e. The van der Waals surface area contributed by atoms with E-state index in [1.54, 1.807) is 12.1 Å². The highest BCUT2D eigenvalue weighted by atomic mass is 19.1. The van der Waals surface area contributed by atoms with Crippen molar-refractivity contribution in [2.75, 3.05) is 13.1 Å². The zero-order valence-electron chi connectivity index (χ0n) is 12.4. The second-order valence-electron chi connectivity index (χ2n) is 5.23. The highest BCUT2D eigenvalue weighted by Gasteiger charge is 2.14. The largest absolute Gasteiger partial charge is 0.316 e. The number of hydrogen-bond acceptors (Lipinski definition) is 1. The summed E-state index contributed by atoms with van der Waals surface area (Å²) < 4.78 is 13.9. The molecule has 0 aliphatic heterocycles. The topological polar surface area (TPSA) is 12.0 Å². The number of benzene rings is 1. The van der Waals surface area contributed by atoms with Crippen LogP contribution in [0.1, 0.15) is 63.9 Å². The number of likely N-dealkylation sites (N-methyl/N-ethyl adjacent to an activating group) is 1. The molecule has 0 amide bonds. The molecule has 1 nitrogen and oxygen atoms in total. The molecule has 0 bridgehead atoms. The lowest BCUT2D eigenvalue weighted by Gasteiger charge is -2.18. The van der Waals surface area contributed by atoms with Gasteiger partial charge in [0.05, 0.1) is 0 Å². The first-order chi connectivity index (χ1) is 9.29. The van der Waals surface area contributed by atoms with Gasteiger partial charge in [0.2, 0.25) is 0 Å². The summed E-state index contributed by atoms with van der Waals surface area (Å²) in [6.07, 6.45) is 7.44. The lowest BCUT2D eigenvalue weighted by atomic mass is 9.92. The predicted octanol–water partition coefficient (Wildman–Crippen LogP) is 4.88. The zero-order valence-corrected chi connectivity index (χ0v) is 12.4. The van der Waals surface area contributed by atoms with Crippen molar-refractivity contribution >= 4 is 0 Å².